The second-order valence-electron chi connectivity index (χ2n) is 8.49. The summed E-state index contributed by atoms with van der Waals surface area (Å²) in [7, 11) is 0. The molecule has 0 fully saturated rings. The number of rotatable bonds is 7. The van der Waals surface area contributed by atoms with Gasteiger partial charge in [-0.05, 0) is 66.6 Å². The molecule has 0 spiro atoms. The second-order valence-corrected chi connectivity index (χ2v) is 9.34. The van der Waals surface area contributed by atoms with Crippen molar-refractivity contribution in [3.05, 3.63) is 118 Å². The van der Waals surface area contributed by atoms with E-state index < -0.39 is 23.7 Å². The molecule has 4 aromatic rings. The largest absolute Gasteiger partial charge is 0.457 e. The van der Waals surface area contributed by atoms with Crippen molar-refractivity contribution in [2.75, 3.05) is 10.6 Å². The summed E-state index contributed by atoms with van der Waals surface area (Å²) in [5.74, 6) is -1.72. The van der Waals surface area contributed by atoms with Crippen molar-refractivity contribution >= 4 is 58.5 Å². The lowest BCUT2D eigenvalue weighted by Gasteiger charge is -2.11. The van der Waals surface area contributed by atoms with E-state index in [-0.39, 0.29) is 22.9 Å². The number of hydrogen-bond donors (Lipinski definition) is 4. The minimum atomic E-state index is -0.749. The van der Waals surface area contributed by atoms with Crippen LogP contribution in [-0.4, -0.2) is 22.8 Å². The number of aryl methyl sites for hydroxylation is 1. The van der Waals surface area contributed by atoms with Gasteiger partial charge in [0.2, 0.25) is 0 Å². The predicted molar refractivity (Wildman–Crippen MR) is 156 cm³/mol. The van der Waals surface area contributed by atoms with Gasteiger partial charge in [0.05, 0.1) is 5.69 Å². The van der Waals surface area contributed by atoms with Gasteiger partial charge in [-0.2, -0.15) is 0 Å². The molecule has 0 unspecified atom stereocenters. The Hall–Kier alpha value is -4.93. The summed E-state index contributed by atoms with van der Waals surface area (Å²) in [6, 6.07) is 17.8. The average molecular weight is 594 g/mol. The minimum Gasteiger partial charge on any atom is -0.457 e. The Morgan fingerprint density at radius 3 is 2.37 bits per heavy atom. The summed E-state index contributed by atoms with van der Waals surface area (Å²) < 4.78 is 20.3. The van der Waals surface area contributed by atoms with Gasteiger partial charge < -0.3 is 15.4 Å². The Kier molecular flexibility index (Phi) is 9.51. The Morgan fingerprint density at radius 2 is 1.63 bits per heavy atom. The van der Waals surface area contributed by atoms with E-state index in [1.54, 1.807) is 48.5 Å². The van der Waals surface area contributed by atoms with Crippen LogP contribution < -0.4 is 26.2 Å². The molecule has 4 amide bonds. The first-order valence-electron chi connectivity index (χ1n) is 12.0. The number of halogens is 3. The number of hydrogen-bond acceptors (Lipinski definition) is 5. The van der Waals surface area contributed by atoms with Crippen LogP contribution in [-0.2, 0) is 4.79 Å². The molecule has 12 heteroatoms. The molecule has 208 valence electrons. The number of amides is 4. The number of anilines is 2. The number of benzene rings is 3. The SMILES string of the molecule is Cc1ccc(NC(=O)Nc2ccc(Oc3ccnc(C(=O)NNC(=O)C=Cc4ccc(Cl)cc4)c3)cc2F)cc1Cl. The number of carbonyl (C=O) groups excluding carboxylic acids is 3. The van der Waals surface area contributed by atoms with E-state index >= 15 is 0 Å². The maximum absolute atomic E-state index is 14.7. The van der Waals surface area contributed by atoms with Crippen LogP contribution in [0.15, 0.2) is 85.1 Å². The van der Waals surface area contributed by atoms with Gasteiger partial charge in [-0.1, -0.05) is 41.4 Å². The third-order valence-electron chi connectivity index (χ3n) is 5.41. The first-order chi connectivity index (χ1) is 19.7. The highest BCUT2D eigenvalue weighted by Crippen LogP contribution is 2.26. The zero-order valence-corrected chi connectivity index (χ0v) is 22.9. The quantitative estimate of drug-likeness (QED) is 0.139. The third kappa shape index (κ3) is 8.53. The maximum atomic E-state index is 14.7. The van der Waals surface area contributed by atoms with Crippen molar-refractivity contribution in [3.8, 4) is 11.5 Å². The normalized spacial score (nSPS) is 10.6. The number of urea groups is 1. The summed E-state index contributed by atoms with van der Waals surface area (Å²) in [4.78, 5) is 40.7. The summed E-state index contributed by atoms with van der Waals surface area (Å²) in [5, 5.41) is 6.06. The minimum absolute atomic E-state index is 0.0591. The van der Waals surface area contributed by atoms with E-state index in [1.807, 2.05) is 6.92 Å². The van der Waals surface area contributed by atoms with Crippen molar-refractivity contribution in [2.45, 2.75) is 6.92 Å². The van der Waals surface area contributed by atoms with E-state index in [4.69, 9.17) is 27.9 Å². The molecular formula is C29H22Cl2FN5O4. The average Bonchev–Trinajstić information content (AvgIpc) is 2.95. The number of carbonyl (C=O) groups is 3. The van der Waals surface area contributed by atoms with Gasteiger partial charge in [0.25, 0.3) is 11.8 Å². The fourth-order valence-electron chi connectivity index (χ4n) is 3.32. The van der Waals surface area contributed by atoms with Crippen molar-refractivity contribution in [1.82, 2.24) is 15.8 Å². The zero-order chi connectivity index (χ0) is 29.4. The first kappa shape index (κ1) is 29.1. The monoisotopic (exact) mass is 593 g/mol. The molecule has 9 nitrogen and oxygen atoms in total. The highest BCUT2D eigenvalue weighted by molar-refractivity contribution is 6.31. The Bertz CT molecular complexity index is 1630. The van der Waals surface area contributed by atoms with Crippen LogP contribution >= 0.6 is 23.2 Å². The molecule has 0 aliphatic rings. The molecule has 0 saturated heterocycles. The fraction of sp³-hybridized carbons (Fsp3) is 0.0345. The van der Waals surface area contributed by atoms with E-state index in [0.29, 0.717) is 15.7 Å². The lowest BCUT2D eigenvalue weighted by atomic mass is 10.2. The van der Waals surface area contributed by atoms with Gasteiger partial charge in [-0.3, -0.25) is 25.4 Å². The summed E-state index contributed by atoms with van der Waals surface area (Å²) in [6.07, 6.45) is 4.11. The molecule has 0 radical (unpaired) electrons. The maximum Gasteiger partial charge on any atom is 0.323 e. The molecule has 0 atom stereocenters. The van der Waals surface area contributed by atoms with Crippen LogP contribution in [0.25, 0.3) is 6.08 Å². The van der Waals surface area contributed by atoms with Gasteiger partial charge >= 0.3 is 6.03 Å². The standard InChI is InChI=1S/C29H22Cl2FN5O4/c1-17-2-8-20(14-23(17)31)34-29(40)35-25-10-9-21(15-24(25)32)41-22-12-13-33-26(16-22)28(39)37-36-27(38)11-5-18-3-6-19(30)7-4-18/h2-16H,1H3,(H,36,38)(H,37,39)(H2,34,35,40). The Labute approximate surface area is 244 Å². The molecule has 1 aromatic heterocycles. The smallest absolute Gasteiger partial charge is 0.323 e. The van der Waals surface area contributed by atoms with Crippen LogP contribution in [0.5, 0.6) is 11.5 Å². The topological polar surface area (TPSA) is 121 Å². The summed E-state index contributed by atoms with van der Waals surface area (Å²) >= 11 is 11.9. The highest BCUT2D eigenvalue weighted by Gasteiger charge is 2.12. The molecular weight excluding hydrogens is 572 g/mol. The highest BCUT2D eigenvalue weighted by atomic mass is 35.5. The van der Waals surface area contributed by atoms with Gasteiger partial charge in [-0.15, -0.1) is 0 Å². The van der Waals surface area contributed by atoms with Gasteiger partial charge in [0.15, 0.2) is 0 Å². The third-order valence-corrected chi connectivity index (χ3v) is 6.07. The van der Waals surface area contributed by atoms with Crippen LogP contribution in [0, 0.1) is 12.7 Å². The molecule has 0 bridgehead atoms. The Morgan fingerprint density at radius 1 is 0.878 bits per heavy atom. The van der Waals surface area contributed by atoms with Crippen LogP contribution in [0.2, 0.25) is 10.0 Å². The number of nitrogens with one attached hydrogen (secondary N) is 4. The predicted octanol–water partition coefficient (Wildman–Crippen LogP) is 6.75. The summed E-state index contributed by atoms with van der Waals surface area (Å²) in [6.45, 7) is 1.83. The Balaban J connectivity index is 1.31. The molecule has 1 heterocycles. The number of nitrogens with zero attached hydrogens (tertiary/aromatic N) is 1. The molecule has 4 N–H and O–H groups in total. The number of ether oxygens (including phenoxy) is 1. The second kappa shape index (κ2) is 13.4. The molecule has 41 heavy (non-hydrogen) atoms. The molecule has 0 aliphatic heterocycles. The molecule has 4 rings (SSSR count). The first-order valence-corrected chi connectivity index (χ1v) is 12.7. The fourth-order valence-corrected chi connectivity index (χ4v) is 3.63. The number of pyridine rings is 1. The van der Waals surface area contributed by atoms with E-state index in [9.17, 15) is 18.8 Å². The van der Waals surface area contributed by atoms with Gasteiger partial charge in [-0.25, -0.2) is 9.18 Å². The van der Waals surface area contributed by atoms with E-state index in [2.05, 4.69) is 26.5 Å². The zero-order valence-electron chi connectivity index (χ0n) is 21.4. The number of aromatic nitrogens is 1. The lowest BCUT2D eigenvalue weighted by molar-refractivity contribution is -0.117. The van der Waals surface area contributed by atoms with Crippen LogP contribution in [0.4, 0.5) is 20.6 Å². The van der Waals surface area contributed by atoms with Crippen molar-refractivity contribution in [2.24, 2.45) is 0 Å². The van der Waals surface area contributed by atoms with Crippen LogP contribution in [0.3, 0.4) is 0 Å². The van der Waals surface area contributed by atoms with Crippen molar-refractivity contribution in [1.29, 1.82) is 0 Å². The molecule has 0 aliphatic carbocycles. The van der Waals surface area contributed by atoms with Crippen molar-refractivity contribution in [3.63, 3.8) is 0 Å². The van der Waals surface area contributed by atoms with Crippen molar-refractivity contribution < 1.29 is 23.5 Å². The molecule has 0 saturated carbocycles. The van der Waals surface area contributed by atoms with Crippen LogP contribution in [0.1, 0.15) is 21.6 Å². The molecule has 3 aromatic carbocycles. The van der Waals surface area contributed by atoms with Gasteiger partial charge in [0.1, 0.15) is 23.0 Å². The van der Waals surface area contributed by atoms with E-state index in [1.165, 1.54) is 36.5 Å². The number of hydrazine groups is 1. The van der Waals surface area contributed by atoms with E-state index in [0.717, 1.165) is 17.2 Å². The van der Waals surface area contributed by atoms with Gasteiger partial charge in [0, 0.05) is 40.1 Å². The lowest BCUT2D eigenvalue weighted by Crippen LogP contribution is -2.41. The summed E-state index contributed by atoms with van der Waals surface area (Å²) in [5.41, 5.74) is 6.42.